The molecule has 2 nitrogen and oxygen atoms in total. The van der Waals surface area contributed by atoms with Crippen molar-refractivity contribution in [2.45, 2.75) is 57.8 Å². The molecule has 0 saturated heterocycles. The van der Waals surface area contributed by atoms with Crippen LogP contribution in [0.3, 0.4) is 0 Å². The van der Waals surface area contributed by atoms with Gasteiger partial charge in [0.2, 0.25) is 0 Å². The molecule has 2 aliphatic heterocycles. The van der Waals surface area contributed by atoms with Gasteiger partial charge in [0.25, 0.3) is 6.71 Å². The molecule has 0 saturated carbocycles. The van der Waals surface area contributed by atoms with Gasteiger partial charge in [-0.25, -0.2) is 0 Å². The Morgan fingerprint density at radius 1 is 0.269 bits per heavy atom. The van der Waals surface area contributed by atoms with E-state index in [1.807, 2.05) is 6.07 Å². The van der Waals surface area contributed by atoms with Crippen molar-refractivity contribution in [3.8, 4) is 100 Å². The molecule has 0 atom stereocenters. The van der Waals surface area contributed by atoms with Crippen molar-refractivity contribution < 1.29 is 6.85 Å². The van der Waals surface area contributed by atoms with E-state index in [1.165, 1.54) is 44.5 Å². The Morgan fingerprint density at radius 2 is 0.676 bits per heavy atom. The third-order valence-corrected chi connectivity index (χ3v) is 22.7. The number of benzene rings is 16. The van der Waals surface area contributed by atoms with Gasteiger partial charge >= 0.3 is 0 Å². The van der Waals surface area contributed by atoms with E-state index in [9.17, 15) is 5.48 Å². The van der Waals surface area contributed by atoms with Crippen LogP contribution < -0.4 is 26.2 Å². The normalized spacial score (nSPS) is 13.8. The Labute approximate surface area is 643 Å². The molecule has 2 heterocycles. The Bertz CT molecular complexity index is 6220. The fourth-order valence-corrected chi connectivity index (χ4v) is 17.6. The summed E-state index contributed by atoms with van der Waals surface area (Å²) >= 11 is 0. The van der Waals surface area contributed by atoms with Gasteiger partial charge < -0.3 is 9.80 Å². The van der Waals surface area contributed by atoms with Gasteiger partial charge in [-0.1, -0.05) is 387 Å². The predicted octanol–water partition coefficient (Wildman–Crippen LogP) is 26.1. The monoisotopic (exact) mass is 1390 g/mol. The van der Waals surface area contributed by atoms with Gasteiger partial charge in [-0.2, -0.15) is 0 Å². The topological polar surface area (TPSA) is 6.48 Å². The molecular formula is C105H81BN2. The van der Waals surface area contributed by atoms with Gasteiger partial charge in [-0.3, -0.25) is 0 Å². The summed E-state index contributed by atoms with van der Waals surface area (Å²) in [6.45, 7) is 13.4. The van der Waals surface area contributed by atoms with E-state index in [0.29, 0.717) is 5.56 Å². The average Bonchev–Trinajstić information content (AvgIpc) is 1.50. The molecule has 514 valence electrons. The molecule has 0 N–H and O–H groups in total. The minimum atomic E-state index is -0.751. The maximum absolute atomic E-state index is 9.74. The fraction of sp³-hybridized carbons (Fsp3) is 0.0857. The lowest BCUT2D eigenvalue weighted by molar-refractivity contribution is 0.569. The lowest BCUT2D eigenvalue weighted by Crippen LogP contribution is -2.61. The molecular weight excluding hydrogens is 1300 g/mol. The van der Waals surface area contributed by atoms with Crippen molar-refractivity contribution >= 4 is 57.2 Å². The van der Waals surface area contributed by atoms with E-state index < -0.39 is 18.2 Å². The van der Waals surface area contributed by atoms with Gasteiger partial charge in [0.05, 0.1) is 23.6 Å². The third kappa shape index (κ3) is 11.0. The molecule has 0 fully saturated rings. The number of fused-ring (bicyclic) bond motifs is 7. The van der Waals surface area contributed by atoms with Crippen molar-refractivity contribution in [3.05, 3.63) is 415 Å². The highest BCUT2D eigenvalue weighted by molar-refractivity contribution is 7.00. The molecule has 0 bridgehead atoms. The maximum Gasteiger partial charge on any atom is 0.252 e. The Hall–Kier alpha value is -12.8. The highest BCUT2D eigenvalue weighted by Gasteiger charge is 2.49. The summed E-state index contributed by atoms with van der Waals surface area (Å²) in [5.41, 5.74) is 32.4. The first-order chi connectivity index (χ1) is 54.9. The Morgan fingerprint density at radius 3 is 1.20 bits per heavy atom. The number of nitrogens with zero attached hydrogens (tertiary/aromatic N) is 2. The summed E-state index contributed by atoms with van der Waals surface area (Å²) in [6.07, 6.45) is 0. The molecule has 0 amide bonds. The number of anilines is 6. The van der Waals surface area contributed by atoms with Crippen LogP contribution in [0.4, 0.5) is 34.1 Å². The second-order valence-corrected chi connectivity index (χ2v) is 31.1. The predicted molar refractivity (Wildman–Crippen MR) is 459 cm³/mol. The van der Waals surface area contributed by atoms with Crippen molar-refractivity contribution in [3.63, 3.8) is 0 Å². The first kappa shape index (κ1) is 60.5. The summed E-state index contributed by atoms with van der Waals surface area (Å²) in [4.78, 5) is 5.16. The van der Waals surface area contributed by atoms with E-state index in [1.54, 1.807) is 0 Å². The molecule has 16 aromatic carbocycles. The van der Waals surface area contributed by atoms with Gasteiger partial charge in [-0.15, -0.1) is 0 Å². The average molecular weight is 1390 g/mol. The van der Waals surface area contributed by atoms with E-state index >= 15 is 0 Å². The standard InChI is InChI=1S/C105H81BN2/c1-103(2,3)83-61-78(62-84(69-83)104(4,5)6)80-67-97-100-98(68-80)108(102-90(74-43-23-11-24-44-74)63-79(71-37-17-8-18-38-71)64-91(102)75-45-25-12-26-46-75)96-66-77(85-52-33-55-89-88-51-31-32-56-92(88)105(99(85)89,81-47-27-13-28-48-81)82-49-29-14-30-50-82)57-59-93(96)106(100)94-65-76(70-35-15-7-16-36-70)58-60-95(94)107(97)101-86(72-39-19-9-20-40-72)53-34-54-87(101)73-41-21-10-22-42-73/h7-69H,1-6H3/i7D,15D,16D,35D,36D. The highest BCUT2D eigenvalue weighted by atomic mass is 15.2. The van der Waals surface area contributed by atoms with Crippen LogP contribution in [0.2, 0.25) is 0 Å². The quantitative estimate of drug-likeness (QED) is 0.113. The largest absolute Gasteiger partial charge is 0.310 e. The Balaban J connectivity index is 1.02. The minimum Gasteiger partial charge on any atom is -0.310 e. The van der Waals surface area contributed by atoms with Crippen molar-refractivity contribution in [1.82, 2.24) is 0 Å². The first-order valence-electron chi connectivity index (χ1n) is 40.2. The molecule has 108 heavy (non-hydrogen) atoms. The molecule has 16 aromatic rings. The summed E-state index contributed by atoms with van der Waals surface area (Å²) in [5.74, 6) is 0. The molecule has 3 heteroatoms. The van der Waals surface area contributed by atoms with Crippen LogP contribution in [0.1, 0.15) is 81.8 Å². The smallest absolute Gasteiger partial charge is 0.252 e. The zero-order chi connectivity index (χ0) is 77.2. The summed E-state index contributed by atoms with van der Waals surface area (Å²) < 4.78 is 46.8. The SMILES string of the molecule is [2H]c1c([2H])c([2H])c(-c2ccc3c(c2)B2c4ccc(-c5cccc6c5C(c5ccccc5)(c5ccccc5)c5ccccc5-6)cc4N(c4c(-c5ccccc5)cc(-c5ccccc5)cc4-c4ccccc4)c4cc(-c5cc(C(C)(C)C)cc(C(C)(C)C)c5)cc(c42)N3c2c(-c3ccccc3)cccc2-c2ccccc2)c([2H])c1[2H]. The molecule has 0 radical (unpaired) electrons. The van der Waals surface area contributed by atoms with Crippen LogP contribution in [0.25, 0.3) is 100 Å². The van der Waals surface area contributed by atoms with Crippen LogP contribution in [0, 0.1) is 0 Å². The lowest BCUT2D eigenvalue weighted by Gasteiger charge is -2.46. The summed E-state index contributed by atoms with van der Waals surface area (Å²) in [7, 11) is 0. The van der Waals surface area contributed by atoms with Crippen LogP contribution in [-0.4, -0.2) is 6.71 Å². The molecule has 1 aliphatic carbocycles. The van der Waals surface area contributed by atoms with E-state index in [4.69, 9.17) is 1.37 Å². The highest BCUT2D eigenvalue weighted by Crippen LogP contribution is 2.60. The van der Waals surface area contributed by atoms with Crippen molar-refractivity contribution in [2.24, 2.45) is 0 Å². The number of para-hydroxylation sites is 1. The van der Waals surface area contributed by atoms with E-state index in [0.717, 1.165) is 128 Å². The number of hydrogen-bond acceptors (Lipinski definition) is 2. The van der Waals surface area contributed by atoms with Crippen LogP contribution in [0.15, 0.2) is 382 Å². The number of rotatable bonds is 12. The summed E-state index contributed by atoms with van der Waals surface area (Å²) in [5, 5.41) is 0. The van der Waals surface area contributed by atoms with Gasteiger partial charge in [0.15, 0.2) is 0 Å². The van der Waals surface area contributed by atoms with Gasteiger partial charge in [0, 0.05) is 45.0 Å². The first-order valence-corrected chi connectivity index (χ1v) is 37.7. The molecule has 0 unspecified atom stereocenters. The van der Waals surface area contributed by atoms with E-state index in [2.05, 4.69) is 397 Å². The Kier molecular flexibility index (Phi) is 14.7. The van der Waals surface area contributed by atoms with E-state index in [-0.39, 0.29) is 40.6 Å². The van der Waals surface area contributed by atoms with Gasteiger partial charge in [0.1, 0.15) is 0 Å². The zero-order valence-corrected chi connectivity index (χ0v) is 61.5. The third-order valence-electron chi connectivity index (χ3n) is 22.7. The van der Waals surface area contributed by atoms with Crippen LogP contribution in [0.5, 0.6) is 0 Å². The molecule has 19 rings (SSSR count). The lowest BCUT2D eigenvalue weighted by atomic mass is 9.33. The minimum absolute atomic E-state index is 0.139. The molecule has 3 aliphatic rings. The number of hydrogen-bond donors (Lipinski definition) is 0. The summed E-state index contributed by atoms with van der Waals surface area (Å²) in [6, 6.07) is 128. The second-order valence-electron chi connectivity index (χ2n) is 31.1. The maximum atomic E-state index is 9.74. The fourth-order valence-electron chi connectivity index (χ4n) is 17.6. The molecule has 0 aromatic heterocycles. The van der Waals surface area contributed by atoms with Crippen LogP contribution >= 0.6 is 0 Å². The second kappa shape index (κ2) is 26.3. The van der Waals surface area contributed by atoms with Crippen molar-refractivity contribution in [1.29, 1.82) is 0 Å². The molecule has 0 spiro atoms. The van der Waals surface area contributed by atoms with Crippen LogP contribution in [-0.2, 0) is 16.2 Å². The van der Waals surface area contributed by atoms with Crippen molar-refractivity contribution in [2.75, 3.05) is 9.80 Å². The van der Waals surface area contributed by atoms with Gasteiger partial charge in [-0.05, 0) is 175 Å². The zero-order valence-electron chi connectivity index (χ0n) is 66.5.